The van der Waals surface area contributed by atoms with E-state index in [4.69, 9.17) is 9.47 Å². The van der Waals surface area contributed by atoms with E-state index in [0.717, 1.165) is 11.5 Å². The van der Waals surface area contributed by atoms with Gasteiger partial charge in [0, 0.05) is 12.0 Å². The minimum atomic E-state index is -0.778. The van der Waals surface area contributed by atoms with Gasteiger partial charge in [0.1, 0.15) is 11.5 Å². The van der Waals surface area contributed by atoms with Crippen molar-refractivity contribution >= 4 is 18.5 Å². The second-order valence-electron chi connectivity index (χ2n) is 9.88. The number of methoxy groups -OCH3 is 2. The lowest BCUT2D eigenvalue weighted by atomic mass is 9.93. The molecule has 4 heteroatoms. The number of allylic oxidation sites excluding steroid dienone is 2. The summed E-state index contributed by atoms with van der Waals surface area (Å²) < 4.78 is 11.4. The molecule has 0 radical (unpaired) electrons. The van der Waals surface area contributed by atoms with E-state index in [1.807, 2.05) is 0 Å². The molecule has 0 spiro atoms. The van der Waals surface area contributed by atoms with Crippen LogP contribution in [-0.4, -0.2) is 33.2 Å². The molecule has 0 fully saturated rings. The van der Waals surface area contributed by atoms with Crippen LogP contribution >= 0.6 is 7.92 Å². The van der Waals surface area contributed by atoms with E-state index in [2.05, 4.69) is 120 Å². The fourth-order valence-corrected chi connectivity index (χ4v) is 8.60. The van der Waals surface area contributed by atoms with Gasteiger partial charge in [-0.2, -0.15) is 0 Å². The zero-order valence-corrected chi connectivity index (χ0v) is 23.7. The van der Waals surface area contributed by atoms with Gasteiger partial charge in [0.05, 0.1) is 14.2 Å². The molecule has 36 heavy (non-hydrogen) atoms. The first-order valence-electron chi connectivity index (χ1n) is 12.5. The number of hydrogen-bond donors (Lipinski definition) is 0. The summed E-state index contributed by atoms with van der Waals surface area (Å²) in [5.74, 6) is 2.22. The lowest BCUT2D eigenvalue weighted by Gasteiger charge is -2.35. The molecule has 0 saturated carbocycles. The monoisotopic (exact) mass is 499 g/mol. The van der Waals surface area contributed by atoms with Gasteiger partial charge >= 0.3 is 0 Å². The SMILES string of the molecule is COc1c(C)cc(P(C2=CC=CC2C(c2ccccc2)N(C)C)c2cc(C)c(OC)c(C)c2)cc1C. The summed E-state index contributed by atoms with van der Waals surface area (Å²) in [5.41, 5.74) is 6.05. The first-order valence-corrected chi connectivity index (χ1v) is 13.8. The number of benzene rings is 3. The normalized spacial score (nSPS) is 15.9. The molecule has 1 aliphatic rings. The highest BCUT2D eigenvalue weighted by Gasteiger charge is 2.34. The van der Waals surface area contributed by atoms with Crippen LogP contribution in [0.2, 0.25) is 0 Å². The molecule has 188 valence electrons. The summed E-state index contributed by atoms with van der Waals surface area (Å²) in [6.45, 7) is 8.61. The zero-order chi connectivity index (χ0) is 26.0. The molecular formula is C32H38NO2P. The summed E-state index contributed by atoms with van der Waals surface area (Å²) in [6, 6.07) is 20.4. The molecule has 0 aliphatic heterocycles. The van der Waals surface area contributed by atoms with Crippen molar-refractivity contribution in [1.29, 1.82) is 0 Å². The summed E-state index contributed by atoms with van der Waals surface area (Å²) in [4.78, 5) is 2.35. The molecule has 3 aromatic rings. The van der Waals surface area contributed by atoms with Crippen LogP contribution in [0, 0.1) is 33.6 Å². The molecule has 2 atom stereocenters. The molecule has 3 aromatic carbocycles. The molecule has 2 unspecified atom stereocenters. The lowest BCUT2D eigenvalue weighted by Crippen LogP contribution is -2.28. The average Bonchev–Trinajstić information content (AvgIpc) is 3.28. The molecule has 3 nitrogen and oxygen atoms in total. The van der Waals surface area contributed by atoms with Crippen LogP contribution in [0.4, 0.5) is 0 Å². The Kier molecular flexibility index (Phi) is 8.03. The summed E-state index contributed by atoms with van der Waals surface area (Å²) in [6.07, 6.45) is 7.00. The van der Waals surface area contributed by atoms with Crippen LogP contribution in [0.3, 0.4) is 0 Å². The molecule has 0 heterocycles. The molecule has 0 N–H and O–H groups in total. The topological polar surface area (TPSA) is 21.7 Å². The Labute approximate surface area is 218 Å². The van der Waals surface area contributed by atoms with Crippen molar-refractivity contribution in [3.8, 4) is 11.5 Å². The maximum absolute atomic E-state index is 5.72. The standard InChI is InChI=1S/C32H38NO2P/c1-21-17-26(18-22(2)31(21)34-7)36(27-19-23(3)32(35-8)24(4)20-27)29-16-12-15-28(29)30(33(5)6)25-13-10-9-11-14-25/h9-20,28,30H,1-8H3. The number of hydrogen-bond acceptors (Lipinski definition) is 3. The highest BCUT2D eigenvalue weighted by atomic mass is 31.1. The Morgan fingerprint density at radius 2 is 1.22 bits per heavy atom. The summed E-state index contributed by atoms with van der Waals surface area (Å²) >= 11 is 0. The summed E-state index contributed by atoms with van der Waals surface area (Å²) in [5, 5.41) is 4.19. The van der Waals surface area contributed by atoms with Crippen LogP contribution in [0.25, 0.3) is 0 Å². The van der Waals surface area contributed by atoms with Crippen LogP contribution in [0.1, 0.15) is 33.9 Å². The maximum Gasteiger partial charge on any atom is 0.124 e. The lowest BCUT2D eigenvalue weighted by molar-refractivity contribution is 0.265. The van der Waals surface area contributed by atoms with Crippen LogP contribution in [0.15, 0.2) is 78.1 Å². The van der Waals surface area contributed by atoms with E-state index in [1.165, 1.54) is 43.7 Å². The van der Waals surface area contributed by atoms with Crippen molar-refractivity contribution in [3.05, 3.63) is 106 Å². The Morgan fingerprint density at radius 1 is 0.750 bits per heavy atom. The van der Waals surface area contributed by atoms with Crippen molar-refractivity contribution < 1.29 is 9.47 Å². The highest BCUT2D eigenvalue weighted by Crippen LogP contribution is 2.54. The van der Waals surface area contributed by atoms with E-state index in [-0.39, 0.29) is 12.0 Å². The van der Waals surface area contributed by atoms with Crippen LogP contribution in [0.5, 0.6) is 11.5 Å². The molecule has 0 bridgehead atoms. The average molecular weight is 500 g/mol. The van der Waals surface area contributed by atoms with Gasteiger partial charge in [0.25, 0.3) is 0 Å². The third kappa shape index (κ3) is 5.01. The fraction of sp³-hybridized carbons (Fsp3) is 0.312. The van der Waals surface area contributed by atoms with E-state index in [0.29, 0.717) is 0 Å². The number of ether oxygens (including phenoxy) is 2. The van der Waals surface area contributed by atoms with Crippen molar-refractivity contribution in [3.63, 3.8) is 0 Å². The van der Waals surface area contributed by atoms with Gasteiger partial charge in [-0.25, -0.2) is 0 Å². The second kappa shape index (κ2) is 11.0. The molecule has 0 aromatic heterocycles. The van der Waals surface area contributed by atoms with Gasteiger partial charge in [-0.1, -0.05) is 48.6 Å². The second-order valence-corrected chi connectivity index (χ2v) is 12.1. The van der Waals surface area contributed by atoms with Gasteiger partial charge in [0.2, 0.25) is 0 Å². The fourth-order valence-electron chi connectivity index (χ4n) is 5.66. The molecule has 0 saturated heterocycles. The first-order chi connectivity index (χ1) is 17.3. The predicted molar refractivity (Wildman–Crippen MR) is 155 cm³/mol. The number of aryl methyl sites for hydroxylation is 4. The van der Waals surface area contributed by atoms with Gasteiger partial charge in [-0.15, -0.1) is 0 Å². The molecular weight excluding hydrogens is 461 g/mol. The quantitative estimate of drug-likeness (QED) is 0.320. The predicted octanol–water partition coefficient (Wildman–Crippen LogP) is 6.74. The van der Waals surface area contributed by atoms with E-state index < -0.39 is 7.92 Å². The van der Waals surface area contributed by atoms with Crippen molar-refractivity contribution in [2.24, 2.45) is 5.92 Å². The van der Waals surface area contributed by atoms with Crippen LogP contribution in [-0.2, 0) is 0 Å². The smallest absolute Gasteiger partial charge is 0.124 e. The van der Waals surface area contributed by atoms with Crippen molar-refractivity contribution in [1.82, 2.24) is 4.90 Å². The maximum atomic E-state index is 5.72. The van der Waals surface area contributed by atoms with Crippen LogP contribution < -0.4 is 20.1 Å². The minimum Gasteiger partial charge on any atom is -0.496 e. The van der Waals surface area contributed by atoms with Crippen molar-refractivity contribution in [2.45, 2.75) is 33.7 Å². The van der Waals surface area contributed by atoms with E-state index >= 15 is 0 Å². The molecule has 4 rings (SSSR count). The minimum absolute atomic E-state index is 0.252. The number of rotatable bonds is 8. The first kappa shape index (κ1) is 26.2. The van der Waals surface area contributed by atoms with Gasteiger partial charge in [0.15, 0.2) is 0 Å². The van der Waals surface area contributed by atoms with Gasteiger partial charge in [-0.05, 0) is 118 Å². The van der Waals surface area contributed by atoms with Gasteiger partial charge in [-0.3, -0.25) is 0 Å². The number of nitrogens with zero attached hydrogens (tertiary/aromatic N) is 1. The highest BCUT2D eigenvalue weighted by molar-refractivity contribution is 7.76. The third-order valence-corrected chi connectivity index (χ3v) is 9.55. The Balaban J connectivity index is 1.91. The van der Waals surface area contributed by atoms with E-state index in [9.17, 15) is 0 Å². The van der Waals surface area contributed by atoms with Crippen molar-refractivity contribution in [2.75, 3.05) is 28.3 Å². The third-order valence-electron chi connectivity index (χ3n) is 7.04. The van der Waals surface area contributed by atoms with E-state index in [1.54, 1.807) is 14.2 Å². The molecule has 1 aliphatic carbocycles. The Hall–Kier alpha value is -2.87. The largest absolute Gasteiger partial charge is 0.496 e. The van der Waals surface area contributed by atoms with Gasteiger partial charge < -0.3 is 14.4 Å². The Morgan fingerprint density at radius 3 is 1.64 bits per heavy atom. The summed E-state index contributed by atoms with van der Waals surface area (Å²) in [7, 11) is 7.12. The Bertz CT molecular complexity index is 1190. The zero-order valence-electron chi connectivity index (χ0n) is 22.8. The molecule has 0 amide bonds.